The van der Waals surface area contributed by atoms with E-state index in [9.17, 15) is 4.79 Å². The number of nitrogens with one attached hydrogen (secondary N) is 2. The fourth-order valence-electron chi connectivity index (χ4n) is 1.46. The van der Waals surface area contributed by atoms with Gasteiger partial charge in [0.15, 0.2) is 0 Å². The minimum atomic E-state index is -0.145. The third kappa shape index (κ3) is 2.85. The van der Waals surface area contributed by atoms with Crippen LogP contribution in [-0.2, 0) is 6.54 Å². The molecule has 0 bridgehead atoms. The van der Waals surface area contributed by atoms with Gasteiger partial charge in [-0.2, -0.15) is 5.10 Å². The molecular formula is C12H12ClN3O. The summed E-state index contributed by atoms with van der Waals surface area (Å²) in [5.74, 6) is -0.145. The predicted octanol–water partition coefficient (Wildman–Crippen LogP) is 2.30. The van der Waals surface area contributed by atoms with E-state index in [0.717, 1.165) is 11.3 Å². The van der Waals surface area contributed by atoms with Crippen LogP contribution in [0.25, 0.3) is 0 Å². The van der Waals surface area contributed by atoms with Crippen LogP contribution in [0.2, 0.25) is 5.02 Å². The number of carbonyl (C=O) groups is 1. The summed E-state index contributed by atoms with van der Waals surface area (Å²) < 4.78 is 0. The second kappa shape index (κ2) is 5.01. The number of nitrogens with zero attached hydrogens (tertiary/aromatic N) is 1. The van der Waals surface area contributed by atoms with Gasteiger partial charge in [-0.25, -0.2) is 0 Å². The Balaban J connectivity index is 2.01. The van der Waals surface area contributed by atoms with Crippen LogP contribution in [0.1, 0.15) is 21.6 Å². The monoisotopic (exact) mass is 249 g/mol. The molecule has 2 rings (SSSR count). The van der Waals surface area contributed by atoms with Gasteiger partial charge in [-0.3, -0.25) is 9.89 Å². The molecule has 0 aliphatic rings. The molecule has 0 aliphatic heterocycles. The first-order valence-corrected chi connectivity index (χ1v) is 5.57. The van der Waals surface area contributed by atoms with Crippen LogP contribution in [0.4, 0.5) is 0 Å². The van der Waals surface area contributed by atoms with Crippen LogP contribution in [0, 0.1) is 6.92 Å². The van der Waals surface area contributed by atoms with Gasteiger partial charge in [0.1, 0.15) is 0 Å². The van der Waals surface area contributed by atoms with Crippen molar-refractivity contribution in [1.29, 1.82) is 0 Å². The molecule has 2 N–H and O–H groups in total. The lowest BCUT2D eigenvalue weighted by Crippen LogP contribution is -2.22. The number of carbonyl (C=O) groups excluding carboxylic acids is 1. The zero-order chi connectivity index (χ0) is 12.3. The molecule has 4 nitrogen and oxygen atoms in total. The van der Waals surface area contributed by atoms with Crippen LogP contribution in [0.15, 0.2) is 30.5 Å². The molecule has 0 saturated heterocycles. The van der Waals surface area contributed by atoms with E-state index in [1.807, 2.05) is 6.92 Å². The number of rotatable bonds is 3. The highest BCUT2D eigenvalue weighted by atomic mass is 35.5. The molecule has 88 valence electrons. The van der Waals surface area contributed by atoms with Gasteiger partial charge >= 0.3 is 0 Å². The molecule has 1 aromatic heterocycles. The Labute approximate surface area is 104 Å². The van der Waals surface area contributed by atoms with Crippen LogP contribution >= 0.6 is 11.6 Å². The summed E-state index contributed by atoms with van der Waals surface area (Å²) in [6.07, 6.45) is 1.70. The van der Waals surface area contributed by atoms with E-state index in [4.69, 9.17) is 11.6 Å². The maximum Gasteiger partial charge on any atom is 0.251 e. The lowest BCUT2D eigenvalue weighted by molar-refractivity contribution is 0.0951. The van der Waals surface area contributed by atoms with E-state index in [1.54, 1.807) is 30.5 Å². The van der Waals surface area contributed by atoms with Gasteiger partial charge in [0.25, 0.3) is 5.91 Å². The number of hydrogen-bond acceptors (Lipinski definition) is 2. The van der Waals surface area contributed by atoms with E-state index in [0.29, 0.717) is 17.1 Å². The zero-order valence-corrected chi connectivity index (χ0v) is 10.1. The van der Waals surface area contributed by atoms with E-state index >= 15 is 0 Å². The second-order valence-corrected chi connectivity index (χ2v) is 4.15. The molecule has 0 fully saturated rings. The first-order chi connectivity index (χ1) is 8.16. The SMILES string of the molecule is Cc1[nH]ncc1CNC(=O)c1cccc(Cl)c1. The van der Waals surface area contributed by atoms with Crippen molar-refractivity contribution in [2.24, 2.45) is 0 Å². The smallest absolute Gasteiger partial charge is 0.251 e. The highest BCUT2D eigenvalue weighted by Crippen LogP contribution is 2.10. The van der Waals surface area contributed by atoms with Crippen molar-refractivity contribution in [3.8, 4) is 0 Å². The van der Waals surface area contributed by atoms with Crippen LogP contribution in [-0.4, -0.2) is 16.1 Å². The molecule has 5 heteroatoms. The quantitative estimate of drug-likeness (QED) is 0.877. The second-order valence-electron chi connectivity index (χ2n) is 3.71. The Kier molecular flexibility index (Phi) is 3.44. The average Bonchev–Trinajstić information content (AvgIpc) is 2.72. The zero-order valence-electron chi connectivity index (χ0n) is 9.33. The molecule has 2 aromatic rings. The lowest BCUT2D eigenvalue weighted by atomic mass is 10.2. The number of amides is 1. The van der Waals surface area contributed by atoms with E-state index in [2.05, 4.69) is 15.5 Å². The van der Waals surface area contributed by atoms with Crippen molar-refractivity contribution < 1.29 is 4.79 Å². The lowest BCUT2D eigenvalue weighted by Gasteiger charge is -2.04. The maximum absolute atomic E-state index is 11.8. The van der Waals surface area contributed by atoms with Gasteiger partial charge in [0, 0.05) is 28.4 Å². The summed E-state index contributed by atoms with van der Waals surface area (Å²) in [6.45, 7) is 2.36. The number of aromatic amines is 1. The van der Waals surface area contributed by atoms with Crippen molar-refractivity contribution >= 4 is 17.5 Å². The third-order valence-electron chi connectivity index (χ3n) is 2.46. The first-order valence-electron chi connectivity index (χ1n) is 5.19. The number of H-pyrrole nitrogens is 1. The van der Waals surface area contributed by atoms with Gasteiger partial charge in [-0.1, -0.05) is 17.7 Å². The summed E-state index contributed by atoms with van der Waals surface area (Å²) in [4.78, 5) is 11.8. The van der Waals surface area contributed by atoms with Gasteiger partial charge in [0.05, 0.1) is 6.20 Å². The topological polar surface area (TPSA) is 57.8 Å². The van der Waals surface area contributed by atoms with Gasteiger partial charge in [0.2, 0.25) is 0 Å². The highest BCUT2D eigenvalue weighted by Gasteiger charge is 2.07. The van der Waals surface area contributed by atoms with Crippen molar-refractivity contribution in [3.63, 3.8) is 0 Å². The first kappa shape index (κ1) is 11.7. The Morgan fingerprint density at radius 1 is 1.53 bits per heavy atom. The van der Waals surface area contributed by atoms with Crippen molar-refractivity contribution in [1.82, 2.24) is 15.5 Å². The molecular weight excluding hydrogens is 238 g/mol. The van der Waals surface area contributed by atoms with Gasteiger partial charge in [-0.05, 0) is 25.1 Å². The maximum atomic E-state index is 11.8. The molecule has 0 spiro atoms. The van der Waals surface area contributed by atoms with Crippen molar-refractivity contribution in [3.05, 3.63) is 52.3 Å². The predicted molar refractivity (Wildman–Crippen MR) is 65.9 cm³/mol. The van der Waals surface area contributed by atoms with Crippen molar-refractivity contribution in [2.45, 2.75) is 13.5 Å². The Hall–Kier alpha value is -1.81. The van der Waals surface area contributed by atoms with Crippen LogP contribution in [0.3, 0.4) is 0 Å². The summed E-state index contributed by atoms with van der Waals surface area (Å²) in [5.41, 5.74) is 2.48. The highest BCUT2D eigenvalue weighted by molar-refractivity contribution is 6.30. The summed E-state index contributed by atoms with van der Waals surface area (Å²) in [5, 5.41) is 10.1. The number of hydrogen-bond donors (Lipinski definition) is 2. The minimum absolute atomic E-state index is 0.145. The average molecular weight is 250 g/mol. The molecule has 0 radical (unpaired) electrons. The van der Waals surface area contributed by atoms with Gasteiger partial charge in [-0.15, -0.1) is 0 Å². The molecule has 0 saturated carbocycles. The molecule has 17 heavy (non-hydrogen) atoms. The Morgan fingerprint density at radius 2 is 2.35 bits per heavy atom. The largest absolute Gasteiger partial charge is 0.348 e. The van der Waals surface area contributed by atoms with E-state index in [1.165, 1.54) is 0 Å². The summed E-state index contributed by atoms with van der Waals surface area (Å²) in [7, 11) is 0. The van der Waals surface area contributed by atoms with Crippen molar-refractivity contribution in [2.75, 3.05) is 0 Å². The number of aryl methyl sites for hydroxylation is 1. The van der Waals surface area contributed by atoms with Gasteiger partial charge < -0.3 is 5.32 Å². The van der Waals surface area contributed by atoms with Crippen LogP contribution < -0.4 is 5.32 Å². The third-order valence-corrected chi connectivity index (χ3v) is 2.70. The fraction of sp³-hybridized carbons (Fsp3) is 0.167. The van der Waals surface area contributed by atoms with E-state index < -0.39 is 0 Å². The molecule has 1 amide bonds. The minimum Gasteiger partial charge on any atom is -0.348 e. The molecule has 1 heterocycles. The Bertz CT molecular complexity index is 536. The van der Waals surface area contributed by atoms with E-state index in [-0.39, 0.29) is 5.91 Å². The Morgan fingerprint density at radius 3 is 3.00 bits per heavy atom. The summed E-state index contributed by atoms with van der Waals surface area (Å²) >= 11 is 5.82. The molecule has 0 unspecified atom stereocenters. The standard InChI is InChI=1S/C12H12ClN3O/c1-8-10(7-15-16-8)6-14-12(17)9-3-2-4-11(13)5-9/h2-5,7H,6H2,1H3,(H,14,17)(H,15,16). The fourth-order valence-corrected chi connectivity index (χ4v) is 1.65. The number of benzene rings is 1. The normalized spacial score (nSPS) is 10.2. The molecule has 0 atom stereocenters. The number of halogens is 1. The molecule has 1 aromatic carbocycles. The molecule has 0 aliphatic carbocycles. The van der Waals surface area contributed by atoms with Crippen LogP contribution in [0.5, 0.6) is 0 Å². The number of aromatic nitrogens is 2. The summed E-state index contributed by atoms with van der Waals surface area (Å²) in [6, 6.07) is 6.85.